The van der Waals surface area contributed by atoms with Crippen molar-refractivity contribution in [3.05, 3.63) is 46.4 Å². The first-order chi connectivity index (χ1) is 14.7. The monoisotopic (exact) mass is 453 g/mol. The van der Waals surface area contributed by atoms with Crippen LogP contribution in [-0.4, -0.2) is 34.9 Å². The Kier molecular flexibility index (Phi) is 4.88. The van der Waals surface area contributed by atoms with Crippen molar-refractivity contribution in [3.63, 3.8) is 0 Å². The SMILES string of the molecule is C=C1NN(C(=O)c2oc3c(C(F)(F)F)cc(C4CC4)cc3c2Cl)CCN1C1CCCC1. The number of amides is 1. The first kappa shape index (κ1) is 20.5. The summed E-state index contributed by atoms with van der Waals surface area (Å²) in [5.41, 5.74) is 2.27. The minimum absolute atomic E-state index is 0.0846. The van der Waals surface area contributed by atoms with Crippen molar-refractivity contribution in [2.75, 3.05) is 13.1 Å². The Morgan fingerprint density at radius 1 is 1.16 bits per heavy atom. The van der Waals surface area contributed by atoms with Crippen molar-refractivity contribution in [3.8, 4) is 0 Å². The summed E-state index contributed by atoms with van der Waals surface area (Å²) in [4.78, 5) is 15.3. The van der Waals surface area contributed by atoms with Gasteiger partial charge in [-0.2, -0.15) is 13.2 Å². The third kappa shape index (κ3) is 3.64. The Balaban J connectivity index is 1.45. The topological polar surface area (TPSA) is 48.7 Å². The highest BCUT2D eigenvalue weighted by molar-refractivity contribution is 6.38. The Hall–Kier alpha value is -2.35. The molecule has 166 valence electrons. The first-order valence-corrected chi connectivity index (χ1v) is 11.0. The average molecular weight is 454 g/mol. The molecule has 2 aliphatic carbocycles. The molecule has 3 aliphatic rings. The molecule has 5 rings (SSSR count). The number of furan rings is 1. The number of hydrogen-bond acceptors (Lipinski definition) is 4. The van der Waals surface area contributed by atoms with Gasteiger partial charge in [-0.1, -0.05) is 31.0 Å². The summed E-state index contributed by atoms with van der Waals surface area (Å²) in [5.74, 6) is -0.186. The van der Waals surface area contributed by atoms with Crippen LogP contribution in [0.4, 0.5) is 13.2 Å². The normalized spacial score (nSPS) is 20.6. The van der Waals surface area contributed by atoms with Gasteiger partial charge in [0.2, 0.25) is 5.76 Å². The lowest BCUT2D eigenvalue weighted by molar-refractivity contribution is -0.136. The van der Waals surface area contributed by atoms with Gasteiger partial charge in [-0.3, -0.25) is 10.2 Å². The number of fused-ring (bicyclic) bond motifs is 1. The van der Waals surface area contributed by atoms with Crippen molar-refractivity contribution >= 4 is 28.5 Å². The lowest BCUT2D eigenvalue weighted by Crippen LogP contribution is -2.56. The number of hydrogen-bond donors (Lipinski definition) is 1. The van der Waals surface area contributed by atoms with Gasteiger partial charge in [0, 0.05) is 18.0 Å². The molecule has 1 aliphatic heterocycles. The van der Waals surface area contributed by atoms with E-state index in [-0.39, 0.29) is 22.1 Å². The van der Waals surface area contributed by atoms with E-state index in [1.54, 1.807) is 6.07 Å². The fourth-order valence-corrected chi connectivity index (χ4v) is 4.97. The second kappa shape index (κ2) is 7.36. The van der Waals surface area contributed by atoms with Crippen LogP contribution >= 0.6 is 11.6 Å². The molecule has 3 fully saturated rings. The van der Waals surface area contributed by atoms with E-state index in [2.05, 4.69) is 16.9 Å². The molecule has 0 bridgehead atoms. The second-order valence-corrected chi connectivity index (χ2v) is 8.99. The summed E-state index contributed by atoms with van der Waals surface area (Å²) in [6.45, 7) is 4.97. The Morgan fingerprint density at radius 3 is 2.48 bits per heavy atom. The number of carbonyl (C=O) groups excluding carboxylic acids is 1. The van der Waals surface area contributed by atoms with Crippen LogP contribution in [0.2, 0.25) is 5.02 Å². The number of nitrogens with one attached hydrogen (secondary N) is 1. The zero-order chi connectivity index (χ0) is 21.9. The quantitative estimate of drug-likeness (QED) is 0.651. The number of alkyl halides is 3. The zero-order valence-corrected chi connectivity index (χ0v) is 17.7. The summed E-state index contributed by atoms with van der Waals surface area (Å²) >= 11 is 6.39. The van der Waals surface area contributed by atoms with E-state index in [1.165, 1.54) is 17.9 Å². The molecule has 9 heteroatoms. The maximum atomic E-state index is 13.7. The summed E-state index contributed by atoms with van der Waals surface area (Å²) in [6, 6.07) is 3.14. The van der Waals surface area contributed by atoms with Crippen molar-refractivity contribution in [2.45, 2.75) is 56.7 Å². The summed E-state index contributed by atoms with van der Waals surface area (Å²) in [7, 11) is 0. The number of halogens is 4. The van der Waals surface area contributed by atoms with Gasteiger partial charge in [0.25, 0.3) is 0 Å². The van der Waals surface area contributed by atoms with Crippen LogP contribution in [0.15, 0.2) is 28.9 Å². The molecule has 0 radical (unpaired) electrons. The van der Waals surface area contributed by atoms with Gasteiger partial charge >= 0.3 is 12.1 Å². The molecule has 1 amide bonds. The third-order valence-electron chi connectivity index (χ3n) is 6.49. The van der Waals surface area contributed by atoms with E-state index in [0.29, 0.717) is 30.5 Å². The molecule has 0 unspecified atom stereocenters. The van der Waals surface area contributed by atoms with E-state index < -0.39 is 23.2 Å². The van der Waals surface area contributed by atoms with Crippen molar-refractivity contribution in [1.82, 2.24) is 15.3 Å². The minimum Gasteiger partial charge on any atom is -0.449 e. The Bertz CT molecular complexity index is 1050. The molecule has 1 saturated heterocycles. The maximum Gasteiger partial charge on any atom is 0.420 e. The van der Waals surface area contributed by atoms with Crippen molar-refractivity contribution in [1.29, 1.82) is 0 Å². The number of carbonyl (C=O) groups is 1. The predicted molar refractivity (Wildman–Crippen MR) is 110 cm³/mol. The summed E-state index contributed by atoms with van der Waals surface area (Å²) in [5, 5.41) is 1.36. The number of nitrogens with zero attached hydrogens (tertiary/aromatic N) is 2. The lowest BCUT2D eigenvalue weighted by Gasteiger charge is -2.41. The number of benzene rings is 1. The summed E-state index contributed by atoms with van der Waals surface area (Å²) in [6.07, 6.45) is 1.63. The fraction of sp³-hybridized carbons (Fsp3) is 0.500. The Morgan fingerprint density at radius 2 is 1.87 bits per heavy atom. The lowest BCUT2D eigenvalue weighted by atomic mass is 10.0. The highest BCUT2D eigenvalue weighted by atomic mass is 35.5. The van der Waals surface area contributed by atoms with Crippen LogP contribution in [-0.2, 0) is 6.18 Å². The molecule has 1 N–H and O–H groups in total. The molecule has 2 heterocycles. The van der Waals surface area contributed by atoms with E-state index in [9.17, 15) is 18.0 Å². The van der Waals surface area contributed by atoms with Crippen LogP contribution in [0.5, 0.6) is 0 Å². The van der Waals surface area contributed by atoms with Gasteiger partial charge in [-0.05, 0) is 49.3 Å². The Labute approximate surface area is 182 Å². The highest BCUT2D eigenvalue weighted by Crippen LogP contribution is 2.47. The predicted octanol–water partition coefficient (Wildman–Crippen LogP) is 5.66. The molecular formula is C22H23ClF3N3O2. The molecular weight excluding hydrogens is 431 g/mol. The summed E-state index contributed by atoms with van der Waals surface area (Å²) < 4.78 is 46.5. The fourth-order valence-electron chi connectivity index (χ4n) is 4.71. The smallest absolute Gasteiger partial charge is 0.420 e. The zero-order valence-electron chi connectivity index (χ0n) is 16.9. The largest absolute Gasteiger partial charge is 0.449 e. The van der Waals surface area contributed by atoms with Gasteiger partial charge in [0.15, 0.2) is 0 Å². The van der Waals surface area contributed by atoms with Crippen LogP contribution in [0.25, 0.3) is 11.0 Å². The van der Waals surface area contributed by atoms with Gasteiger partial charge in [0.1, 0.15) is 16.4 Å². The standard InChI is InChI=1S/C22H23ClF3N3O2/c1-12-27-29(9-8-28(12)15-4-2-3-5-15)21(30)20-18(23)16-10-14(13-6-7-13)11-17(19(16)31-20)22(24,25)26/h10-11,13,15,27H,1-9H2. The first-order valence-electron chi connectivity index (χ1n) is 10.6. The van der Waals surface area contributed by atoms with Crippen LogP contribution in [0.1, 0.15) is 66.1 Å². The maximum absolute atomic E-state index is 13.7. The molecule has 2 aromatic rings. The molecule has 0 spiro atoms. The van der Waals surface area contributed by atoms with Gasteiger partial charge in [-0.15, -0.1) is 0 Å². The molecule has 31 heavy (non-hydrogen) atoms. The van der Waals surface area contributed by atoms with Crippen LogP contribution in [0.3, 0.4) is 0 Å². The van der Waals surface area contributed by atoms with E-state index >= 15 is 0 Å². The highest BCUT2D eigenvalue weighted by Gasteiger charge is 2.39. The second-order valence-electron chi connectivity index (χ2n) is 8.61. The van der Waals surface area contributed by atoms with Crippen LogP contribution < -0.4 is 5.43 Å². The van der Waals surface area contributed by atoms with Crippen molar-refractivity contribution < 1.29 is 22.4 Å². The minimum atomic E-state index is -4.61. The molecule has 2 saturated carbocycles. The van der Waals surface area contributed by atoms with Gasteiger partial charge in [-0.25, -0.2) is 5.01 Å². The van der Waals surface area contributed by atoms with Gasteiger partial charge < -0.3 is 9.32 Å². The van der Waals surface area contributed by atoms with Crippen molar-refractivity contribution in [2.24, 2.45) is 0 Å². The van der Waals surface area contributed by atoms with E-state index in [4.69, 9.17) is 16.0 Å². The van der Waals surface area contributed by atoms with Crippen LogP contribution in [0, 0.1) is 0 Å². The van der Waals surface area contributed by atoms with E-state index in [0.717, 1.165) is 31.7 Å². The molecule has 1 aromatic carbocycles. The number of hydrazine groups is 1. The third-order valence-corrected chi connectivity index (χ3v) is 6.86. The molecule has 5 nitrogen and oxygen atoms in total. The van der Waals surface area contributed by atoms with Gasteiger partial charge in [0.05, 0.1) is 12.1 Å². The van der Waals surface area contributed by atoms with E-state index in [1.807, 2.05) is 0 Å². The number of rotatable bonds is 3. The molecule has 1 aromatic heterocycles. The molecule has 0 atom stereocenters. The average Bonchev–Trinajstić information content (AvgIpc) is 3.33.